The minimum Gasteiger partial charge on any atom is -0.339 e. The highest BCUT2D eigenvalue weighted by atomic mass is 16.2. The lowest BCUT2D eigenvalue weighted by molar-refractivity contribution is 0.0791. The quantitative estimate of drug-likeness (QED) is 0.634. The van der Waals surface area contributed by atoms with Crippen molar-refractivity contribution < 1.29 is 14.4 Å². The molecular weight excluding hydrogens is 294 g/mol. The molecule has 1 aromatic rings. The Hall–Kier alpha value is -2.46. The number of likely N-dealkylation sites (tertiary alicyclic amines) is 2. The molecule has 2 aliphatic rings. The van der Waals surface area contributed by atoms with Crippen molar-refractivity contribution >= 4 is 23.6 Å². The third-order valence-electron chi connectivity index (χ3n) is 4.37. The molecule has 6 heteroatoms. The maximum atomic E-state index is 12.6. The van der Waals surface area contributed by atoms with Crippen molar-refractivity contribution in [2.24, 2.45) is 4.99 Å². The Morgan fingerprint density at radius 2 is 1.26 bits per heavy atom. The summed E-state index contributed by atoms with van der Waals surface area (Å²) in [5, 5.41) is 0. The van der Waals surface area contributed by atoms with Gasteiger partial charge in [0.05, 0.1) is 5.69 Å². The van der Waals surface area contributed by atoms with E-state index in [1.54, 1.807) is 28.0 Å². The predicted octanol–water partition coefficient (Wildman–Crippen LogP) is 2.13. The lowest BCUT2D eigenvalue weighted by Crippen LogP contribution is -2.29. The van der Waals surface area contributed by atoms with Gasteiger partial charge in [0.25, 0.3) is 11.8 Å². The Labute approximate surface area is 134 Å². The molecule has 3 rings (SSSR count). The maximum Gasteiger partial charge on any atom is 0.253 e. The lowest BCUT2D eigenvalue weighted by Gasteiger charge is -2.18. The minimum absolute atomic E-state index is 0.110. The molecule has 2 saturated heterocycles. The number of nitrogens with zero attached hydrogens (tertiary/aromatic N) is 3. The van der Waals surface area contributed by atoms with Crippen LogP contribution in [0.4, 0.5) is 5.69 Å². The van der Waals surface area contributed by atoms with Crippen molar-refractivity contribution in [2.45, 2.75) is 25.7 Å². The Balaban J connectivity index is 1.93. The molecule has 0 radical (unpaired) electrons. The van der Waals surface area contributed by atoms with Crippen LogP contribution >= 0.6 is 0 Å². The fraction of sp³-hybridized carbons (Fsp3) is 0.471. The van der Waals surface area contributed by atoms with Crippen LogP contribution in [-0.2, 0) is 4.79 Å². The van der Waals surface area contributed by atoms with Crippen molar-refractivity contribution in [2.75, 3.05) is 26.2 Å². The van der Waals surface area contributed by atoms with Crippen molar-refractivity contribution in [1.82, 2.24) is 9.80 Å². The van der Waals surface area contributed by atoms with Crippen LogP contribution in [0.15, 0.2) is 23.2 Å². The third-order valence-corrected chi connectivity index (χ3v) is 4.37. The van der Waals surface area contributed by atoms with Crippen LogP contribution in [0.5, 0.6) is 0 Å². The largest absolute Gasteiger partial charge is 0.339 e. The van der Waals surface area contributed by atoms with E-state index in [9.17, 15) is 14.4 Å². The summed E-state index contributed by atoms with van der Waals surface area (Å²) in [6.45, 7) is 2.93. The fourth-order valence-corrected chi connectivity index (χ4v) is 3.18. The van der Waals surface area contributed by atoms with Gasteiger partial charge in [-0.25, -0.2) is 4.79 Å². The SMILES string of the molecule is O=C=Nc1cc(C(=O)N2CCCC2)cc(C(=O)N2CCCC2)c1. The molecule has 2 heterocycles. The van der Waals surface area contributed by atoms with Crippen LogP contribution in [0.25, 0.3) is 0 Å². The fourth-order valence-electron chi connectivity index (χ4n) is 3.18. The summed E-state index contributed by atoms with van der Waals surface area (Å²) in [5.74, 6) is -0.221. The molecule has 6 nitrogen and oxygen atoms in total. The molecule has 0 saturated carbocycles. The average molecular weight is 313 g/mol. The zero-order valence-corrected chi connectivity index (χ0v) is 13.0. The van der Waals surface area contributed by atoms with E-state index in [4.69, 9.17) is 0 Å². The van der Waals surface area contributed by atoms with Crippen LogP contribution < -0.4 is 0 Å². The minimum atomic E-state index is -0.110. The van der Waals surface area contributed by atoms with Gasteiger partial charge in [0.15, 0.2) is 0 Å². The summed E-state index contributed by atoms with van der Waals surface area (Å²) in [4.78, 5) is 42.8. The highest BCUT2D eigenvalue weighted by Crippen LogP contribution is 2.23. The molecule has 0 N–H and O–H groups in total. The smallest absolute Gasteiger partial charge is 0.253 e. The topological polar surface area (TPSA) is 70.0 Å². The number of carbonyl (C=O) groups is 2. The van der Waals surface area contributed by atoms with Crippen LogP contribution in [0.2, 0.25) is 0 Å². The Morgan fingerprint density at radius 3 is 1.65 bits per heavy atom. The zero-order chi connectivity index (χ0) is 16.2. The van der Waals surface area contributed by atoms with E-state index in [0.717, 1.165) is 51.9 Å². The second kappa shape index (κ2) is 6.75. The van der Waals surface area contributed by atoms with E-state index in [1.807, 2.05) is 0 Å². The van der Waals surface area contributed by atoms with E-state index in [0.29, 0.717) is 16.8 Å². The van der Waals surface area contributed by atoms with Crippen molar-refractivity contribution in [1.29, 1.82) is 0 Å². The summed E-state index contributed by atoms with van der Waals surface area (Å²) >= 11 is 0. The summed E-state index contributed by atoms with van der Waals surface area (Å²) < 4.78 is 0. The molecule has 0 aliphatic carbocycles. The summed E-state index contributed by atoms with van der Waals surface area (Å²) in [5.41, 5.74) is 1.12. The number of aliphatic imine (C=N–C) groups is 1. The maximum absolute atomic E-state index is 12.6. The highest BCUT2D eigenvalue weighted by Gasteiger charge is 2.24. The Bertz CT molecular complexity index is 621. The normalized spacial score (nSPS) is 17.2. The molecule has 0 atom stereocenters. The monoisotopic (exact) mass is 313 g/mol. The van der Waals surface area contributed by atoms with Gasteiger partial charge in [-0.1, -0.05) is 0 Å². The van der Waals surface area contributed by atoms with Crippen LogP contribution in [0.3, 0.4) is 0 Å². The van der Waals surface area contributed by atoms with Crippen LogP contribution in [0, 0.1) is 0 Å². The molecule has 0 bridgehead atoms. The molecule has 120 valence electrons. The van der Waals surface area contributed by atoms with E-state index in [-0.39, 0.29) is 11.8 Å². The van der Waals surface area contributed by atoms with Crippen LogP contribution in [-0.4, -0.2) is 53.9 Å². The van der Waals surface area contributed by atoms with Gasteiger partial charge in [-0.05, 0) is 43.9 Å². The van der Waals surface area contributed by atoms with E-state index >= 15 is 0 Å². The Kier molecular flexibility index (Phi) is 4.53. The molecule has 2 amide bonds. The summed E-state index contributed by atoms with van der Waals surface area (Å²) in [7, 11) is 0. The first-order valence-corrected chi connectivity index (χ1v) is 8.00. The van der Waals surface area contributed by atoms with Crippen molar-refractivity contribution in [3.05, 3.63) is 29.3 Å². The number of rotatable bonds is 3. The van der Waals surface area contributed by atoms with E-state index in [2.05, 4.69) is 4.99 Å². The molecule has 0 spiro atoms. The average Bonchev–Trinajstić information content (AvgIpc) is 3.26. The molecule has 0 unspecified atom stereocenters. The van der Waals surface area contributed by atoms with Gasteiger partial charge in [-0.3, -0.25) is 9.59 Å². The van der Waals surface area contributed by atoms with E-state index < -0.39 is 0 Å². The van der Waals surface area contributed by atoms with Gasteiger partial charge >= 0.3 is 0 Å². The second-order valence-electron chi connectivity index (χ2n) is 5.97. The zero-order valence-electron chi connectivity index (χ0n) is 13.0. The Morgan fingerprint density at radius 1 is 0.826 bits per heavy atom. The number of hydrogen-bond acceptors (Lipinski definition) is 4. The van der Waals surface area contributed by atoms with Gasteiger partial charge in [-0.2, -0.15) is 4.99 Å². The third kappa shape index (κ3) is 3.32. The number of hydrogen-bond donors (Lipinski definition) is 0. The first kappa shape index (κ1) is 15.4. The van der Waals surface area contributed by atoms with Gasteiger partial charge in [0.2, 0.25) is 6.08 Å². The molecule has 1 aromatic carbocycles. The lowest BCUT2D eigenvalue weighted by atomic mass is 10.1. The molecule has 0 aromatic heterocycles. The van der Waals surface area contributed by atoms with Crippen molar-refractivity contribution in [3.63, 3.8) is 0 Å². The standard InChI is InChI=1S/C17H19N3O3/c21-12-18-15-10-13(16(22)19-5-1-2-6-19)9-14(11-15)17(23)20-7-3-4-8-20/h9-11H,1-8H2. The highest BCUT2D eigenvalue weighted by molar-refractivity contribution is 6.01. The predicted molar refractivity (Wildman–Crippen MR) is 84.5 cm³/mol. The van der Waals surface area contributed by atoms with Gasteiger partial charge in [0, 0.05) is 37.3 Å². The number of amides is 2. The number of benzene rings is 1. The molecule has 2 aliphatic heterocycles. The second-order valence-corrected chi connectivity index (χ2v) is 5.97. The summed E-state index contributed by atoms with van der Waals surface area (Å²) in [6, 6.07) is 4.71. The van der Waals surface area contributed by atoms with Gasteiger partial charge < -0.3 is 9.80 Å². The summed E-state index contributed by atoms with van der Waals surface area (Å²) in [6.07, 6.45) is 5.47. The van der Waals surface area contributed by atoms with E-state index in [1.165, 1.54) is 6.08 Å². The first-order chi connectivity index (χ1) is 11.2. The van der Waals surface area contributed by atoms with Crippen molar-refractivity contribution in [3.8, 4) is 0 Å². The number of isocyanates is 1. The number of carbonyl (C=O) groups excluding carboxylic acids is 3. The molecular formula is C17H19N3O3. The van der Waals surface area contributed by atoms with Crippen LogP contribution in [0.1, 0.15) is 46.4 Å². The molecule has 23 heavy (non-hydrogen) atoms. The molecule has 2 fully saturated rings. The first-order valence-electron chi connectivity index (χ1n) is 8.00. The van der Waals surface area contributed by atoms with Gasteiger partial charge in [0.1, 0.15) is 0 Å². The van der Waals surface area contributed by atoms with Gasteiger partial charge in [-0.15, -0.1) is 0 Å².